The number of ether oxygens (including phenoxy) is 2. The van der Waals surface area contributed by atoms with Crippen LogP contribution < -0.4 is 14.8 Å². The van der Waals surface area contributed by atoms with Gasteiger partial charge in [-0.3, -0.25) is 4.79 Å². The topological polar surface area (TPSA) is 71.3 Å². The van der Waals surface area contributed by atoms with E-state index in [1.807, 2.05) is 66.7 Å². The molecule has 0 aliphatic carbocycles. The van der Waals surface area contributed by atoms with Gasteiger partial charge in [0, 0.05) is 6.54 Å². The molecule has 1 N–H and O–H groups in total. The molecule has 0 saturated heterocycles. The van der Waals surface area contributed by atoms with Crippen molar-refractivity contribution in [2.75, 3.05) is 7.11 Å². The molecule has 3 aromatic rings. The Hall–Kier alpha value is -3.56. The molecule has 1 amide bonds. The summed E-state index contributed by atoms with van der Waals surface area (Å²) < 4.78 is 12.1. The molecular weight excluding hydrogens is 456 g/mol. The van der Waals surface area contributed by atoms with Gasteiger partial charge < -0.3 is 14.8 Å². The van der Waals surface area contributed by atoms with Crippen molar-refractivity contribution < 1.29 is 14.3 Å². The Kier molecular flexibility index (Phi) is 7.85. The minimum atomic E-state index is -0.439. The first-order valence-electron chi connectivity index (χ1n) is 9.59. The Bertz CT molecular complexity index is 1110. The van der Waals surface area contributed by atoms with E-state index in [1.54, 1.807) is 19.2 Å². The van der Waals surface area contributed by atoms with Crippen LogP contribution in [0.25, 0.3) is 6.08 Å². The van der Waals surface area contributed by atoms with E-state index in [4.69, 9.17) is 9.47 Å². The first-order valence-corrected chi connectivity index (χ1v) is 10.4. The summed E-state index contributed by atoms with van der Waals surface area (Å²) in [5.41, 5.74) is 2.63. The Morgan fingerprint density at radius 1 is 1.06 bits per heavy atom. The molecule has 0 aliphatic heterocycles. The van der Waals surface area contributed by atoms with E-state index >= 15 is 0 Å². The number of halogens is 1. The zero-order valence-corrected chi connectivity index (χ0v) is 18.6. The van der Waals surface area contributed by atoms with Crippen molar-refractivity contribution in [3.05, 3.63) is 99.5 Å². The van der Waals surface area contributed by atoms with Gasteiger partial charge in [0.2, 0.25) is 0 Å². The molecule has 0 aromatic heterocycles. The van der Waals surface area contributed by atoms with Crippen LogP contribution >= 0.6 is 15.9 Å². The maximum absolute atomic E-state index is 12.4. The van der Waals surface area contributed by atoms with Gasteiger partial charge in [0.15, 0.2) is 11.5 Å². The van der Waals surface area contributed by atoms with Crippen molar-refractivity contribution >= 4 is 27.9 Å². The summed E-state index contributed by atoms with van der Waals surface area (Å²) in [5, 5.41) is 12.2. The van der Waals surface area contributed by atoms with Gasteiger partial charge in [-0.1, -0.05) is 60.7 Å². The van der Waals surface area contributed by atoms with E-state index in [1.165, 1.54) is 6.08 Å². The predicted molar refractivity (Wildman–Crippen MR) is 123 cm³/mol. The van der Waals surface area contributed by atoms with Crippen LogP contribution in [0.4, 0.5) is 0 Å². The maximum atomic E-state index is 12.4. The summed E-state index contributed by atoms with van der Waals surface area (Å²) in [6.45, 7) is 0.730. The Labute approximate surface area is 190 Å². The number of benzene rings is 3. The van der Waals surface area contributed by atoms with Crippen LogP contribution in [-0.4, -0.2) is 13.0 Å². The number of carbonyl (C=O) groups excluding carboxylic acids is 1. The second-order valence-electron chi connectivity index (χ2n) is 6.65. The lowest BCUT2D eigenvalue weighted by Gasteiger charge is -2.14. The van der Waals surface area contributed by atoms with E-state index in [0.717, 1.165) is 11.1 Å². The summed E-state index contributed by atoms with van der Waals surface area (Å²) in [5.74, 6) is 0.611. The molecule has 0 spiro atoms. The SMILES string of the molecule is COc1cc(/C=C(\C#N)C(=O)NCc2ccccc2)cc(Br)c1OCc1ccccc1. The van der Waals surface area contributed by atoms with Crippen molar-refractivity contribution in [2.45, 2.75) is 13.2 Å². The molecule has 0 fully saturated rings. The number of hydrogen-bond donors (Lipinski definition) is 1. The van der Waals surface area contributed by atoms with Gasteiger partial charge in [-0.2, -0.15) is 5.26 Å². The van der Waals surface area contributed by atoms with E-state index in [9.17, 15) is 10.1 Å². The lowest BCUT2D eigenvalue weighted by atomic mass is 10.1. The standard InChI is InChI=1S/C25H21BrN2O3/c1-30-23-14-20(13-22(26)24(23)31-17-19-10-6-3-7-11-19)12-21(15-27)25(29)28-16-18-8-4-2-5-9-18/h2-14H,16-17H2,1H3,(H,28,29)/b21-12+. The van der Waals surface area contributed by atoms with Crippen LogP contribution in [0.1, 0.15) is 16.7 Å². The predicted octanol–water partition coefficient (Wildman–Crippen LogP) is 5.26. The molecule has 0 heterocycles. The molecule has 0 saturated carbocycles. The van der Waals surface area contributed by atoms with Crippen LogP contribution in [0.2, 0.25) is 0 Å². The first-order chi connectivity index (χ1) is 15.1. The van der Waals surface area contributed by atoms with Crippen LogP contribution in [0.5, 0.6) is 11.5 Å². The third-order valence-electron chi connectivity index (χ3n) is 4.45. The van der Waals surface area contributed by atoms with Crippen LogP contribution in [0.15, 0.2) is 82.8 Å². The fraction of sp³-hybridized carbons (Fsp3) is 0.120. The Morgan fingerprint density at radius 3 is 2.32 bits per heavy atom. The number of nitrogens with zero attached hydrogens (tertiary/aromatic N) is 1. The number of hydrogen-bond acceptors (Lipinski definition) is 4. The zero-order chi connectivity index (χ0) is 22.1. The van der Waals surface area contributed by atoms with E-state index < -0.39 is 5.91 Å². The van der Waals surface area contributed by atoms with Crippen molar-refractivity contribution in [1.29, 1.82) is 5.26 Å². The normalized spacial score (nSPS) is 10.8. The van der Waals surface area contributed by atoms with Crippen molar-refractivity contribution in [3.8, 4) is 17.6 Å². The third-order valence-corrected chi connectivity index (χ3v) is 5.04. The monoisotopic (exact) mass is 476 g/mol. The average molecular weight is 477 g/mol. The highest BCUT2D eigenvalue weighted by molar-refractivity contribution is 9.10. The number of nitriles is 1. The van der Waals surface area contributed by atoms with Gasteiger partial charge >= 0.3 is 0 Å². The minimum Gasteiger partial charge on any atom is -0.493 e. The molecular formula is C25H21BrN2O3. The van der Waals surface area contributed by atoms with Crippen LogP contribution in [0.3, 0.4) is 0 Å². The lowest BCUT2D eigenvalue weighted by Crippen LogP contribution is -2.23. The quantitative estimate of drug-likeness (QED) is 0.355. The van der Waals surface area contributed by atoms with E-state index in [2.05, 4.69) is 21.2 Å². The summed E-state index contributed by atoms with van der Waals surface area (Å²) >= 11 is 3.50. The van der Waals surface area contributed by atoms with Gasteiger partial charge in [-0.25, -0.2) is 0 Å². The molecule has 5 nitrogen and oxygen atoms in total. The molecule has 0 aliphatic rings. The Morgan fingerprint density at radius 2 is 1.71 bits per heavy atom. The molecule has 0 bridgehead atoms. The molecule has 3 rings (SSSR count). The van der Waals surface area contributed by atoms with Crippen LogP contribution in [0, 0.1) is 11.3 Å². The lowest BCUT2D eigenvalue weighted by molar-refractivity contribution is -0.117. The van der Waals surface area contributed by atoms with Crippen LogP contribution in [-0.2, 0) is 17.9 Å². The highest BCUT2D eigenvalue weighted by atomic mass is 79.9. The van der Waals surface area contributed by atoms with Gasteiger partial charge in [0.1, 0.15) is 18.2 Å². The summed E-state index contributed by atoms with van der Waals surface area (Å²) in [4.78, 5) is 12.4. The average Bonchev–Trinajstić information content (AvgIpc) is 2.81. The summed E-state index contributed by atoms with van der Waals surface area (Å²) in [6, 6.07) is 24.8. The minimum absolute atomic E-state index is 0.00263. The molecule has 0 atom stereocenters. The van der Waals surface area contributed by atoms with E-state index in [0.29, 0.717) is 34.7 Å². The van der Waals surface area contributed by atoms with Crippen molar-refractivity contribution in [2.24, 2.45) is 0 Å². The smallest absolute Gasteiger partial charge is 0.262 e. The zero-order valence-electron chi connectivity index (χ0n) is 17.0. The fourth-order valence-electron chi connectivity index (χ4n) is 2.88. The number of carbonyl (C=O) groups is 1. The Balaban J connectivity index is 1.76. The van der Waals surface area contributed by atoms with E-state index in [-0.39, 0.29) is 5.57 Å². The first kappa shape index (κ1) is 22.1. The number of methoxy groups -OCH3 is 1. The van der Waals surface area contributed by atoms with Gasteiger partial charge in [0.05, 0.1) is 11.6 Å². The highest BCUT2D eigenvalue weighted by Gasteiger charge is 2.14. The van der Waals surface area contributed by atoms with Crippen molar-refractivity contribution in [1.82, 2.24) is 5.32 Å². The second kappa shape index (κ2) is 11.0. The summed E-state index contributed by atoms with van der Waals surface area (Å²) in [7, 11) is 1.54. The van der Waals surface area contributed by atoms with Gasteiger partial charge in [-0.15, -0.1) is 0 Å². The molecule has 6 heteroatoms. The largest absolute Gasteiger partial charge is 0.493 e. The highest BCUT2D eigenvalue weighted by Crippen LogP contribution is 2.37. The second-order valence-corrected chi connectivity index (χ2v) is 7.50. The third kappa shape index (κ3) is 6.21. The van der Waals surface area contributed by atoms with Gasteiger partial charge in [-0.05, 0) is 50.8 Å². The van der Waals surface area contributed by atoms with Crippen molar-refractivity contribution in [3.63, 3.8) is 0 Å². The fourth-order valence-corrected chi connectivity index (χ4v) is 3.46. The number of rotatable bonds is 8. The number of amides is 1. The molecule has 0 unspecified atom stereocenters. The van der Waals surface area contributed by atoms with Gasteiger partial charge in [0.25, 0.3) is 5.91 Å². The molecule has 31 heavy (non-hydrogen) atoms. The number of nitrogens with one attached hydrogen (secondary N) is 1. The molecule has 3 aromatic carbocycles. The molecule has 156 valence electrons. The maximum Gasteiger partial charge on any atom is 0.262 e. The molecule has 0 radical (unpaired) electrons. The summed E-state index contributed by atoms with van der Waals surface area (Å²) in [6.07, 6.45) is 1.52.